The topological polar surface area (TPSA) is 122 Å². The highest BCUT2D eigenvalue weighted by Gasteiger charge is 2.35. The minimum Gasteiger partial charge on any atom is -0.493 e. The van der Waals surface area contributed by atoms with Crippen LogP contribution in [0.4, 0.5) is 5.69 Å². The molecule has 224 valence electrons. The lowest BCUT2D eigenvalue weighted by Gasteiger charge is -2.15. The average molecular weight is 595 g/mol. The summed E-state index contributed by atoms with van der Waals surface area (Å²) >= 11 is 0. The molecule has 0 N–H and O–H groups in total. The Morgan fingerprint density at radius 1 is 0.795 bits per heavy atom. The monoisotopic (exact) mass is 594 g/mol. The number of benzene rings is 3. The van der Waals surface area contributed by atoms with Crippen LogP contribution in [0.5, 0.6) is 23.0 Å². The number of methoxy groups -OCH3 is 3. The number of ketones is 2. The van der Waals surface area contributed by atoms with Gasteiger partial charge in [0.1, 0.15) is 12.3 Å². The highest BCUT2D eigenvalue weighted by Crippen LogP contribution is 2.30. The van der Waals surface area contributed by atoms with E-state index < -0.39 is 11.7 Å². The molecule has 1 aliphatic rings. The summed E-state index contributed by atoms with van der Waals surface area (Å²) in [5, 5.41) is 8.25. The predicted molar refractivity (Wildman–Crippen MR) is 163 cm³/mol. The summed E-state index contributed by atoms with van der Waals surface area (Å²) in [5.41, 5.74) is 3.15. The number of para-hydroxylation sites is 1. The Morgan fingerprint density at radius 3 is 2.11 bits per heavy atom. The second-order valence-corrected chi connectivity index (χ2v) is 9.66. The Kier molecular flexibility index (Phi) is 9.14. The van der Waals surface area contributed by atoms with Crippen LogP contribution in [0.25, 0.3) is 12.2 Å². The number of rotatable bonds is 13. The number of carbonyl (C=O) groups excluding carboxylic acids is 3. The zero-order valence-corrected chi connectivity index (χ0v) is 24.4. The van der Waals surface area contributed by atoms with Crippen LogP contribution in [0, 0.1) is 0 Å². The molecule has 0 saturated carbocycles. The van der Waals surface area contributed by atoms with Crippen LogP contribution in [0.3, 0.4) is 0 Å². The van der Waals surface area contributed by atoms with Gasteiger partial charge < -0.3 is 23.8 Å². The van der Waals surface area contributed by atoms with Crippen LogP contribution < -0.4 is 23.8 Å². The van der Waals surface area contributed by atoms with Gasteiger partial charge in [0.25, 0.3) is 11.7 Å². The third-order valence-electron chi connectivity index (χ3n) is 6.87. The molecular formula is C33H30N4O7. The van der Waals surface area contributed by atoms with Crippen LogP contribution in [0.1, 0.15) is 27.2 Å². The molecule has 4 aromatic rings. The van der Waals surface area contributed by atoms with Crippen molar-refractivity contribution in [1.82, 2.24) is 15.0 Å². The van der Waals surface area contributed by atoms with E-state index >= 15 is 0 Å². The lowest BCUT2D eigenvalue weighted by atomic mass is 10.1. The van der Waals surface area contributed by atoms with Crippen molar-refractivity contribution in [1.29, 1.82) is 0 Å². The number of fused-ring (bicyclic) bond motifs is 1. The fourth-order valence-electron chi connectivity index (χ4n) is 4.61. The Labute approximate surface area is 253 Å². The Morgan fingerprint density at radius 2 is 1.43 bits per heavy atom. The fraction of sp³-hybridized carbons (Fsp3) is 0.182. The number of anilines is 1. The summed E-state index contributed by atoms with van der Waals surface area (Å²) in [5.74, 6) is 0.945. The molecule has 1 aromatic heterocycles. The van der Waals surface area contributed by atoms with Crippen LogP contribution in [0.2, 0.25) is 0 Å². The van der Waals surface area contributed by atoms with Crippen LogP contribution in [0.15, 0.2) is 79.0 Å². The molecule has 1 aliphatic heterocycles. The van der Waals surface area contributed by atoms with Crippen LogP contribution >= 0.6 is 0 Å². The van der Waals surface area contributed by atoms with Gasteiger partial charge in [-0.2, -0.15) is 0 Å². The number of amides is 1. The van der Waals surface area contributed by atoms with Crippen molar-refractivity contribution in [2.45, 2.75) is 13.2 Å². The maximum Gasteiger partial charge on any atom is 0.299 e. The maximum absolute atomic E-state index is 12.4. The molecule has 0 atom stereocenters. The third-order valence-corrected chi connectivity index (χ3v) is 6.87. The van der Waals surface area contributed by atoms with Crippen molar-refractivity contribution >= 4 is 35.3 Å². The Hall–Kier alpha value is -5.71. The van der Waals surface area contributed by atoms with Gasteiger partial charge in [0.05, 0.1) is 45.3 Å². The fourth-order valence-corrected chi connectivity index (χ4v) is 4.61. The smallest absolute Gasteiger partial charge is 0.299 e. The van der Waals surface area contributed by atoms with Gasteiger partial charge in [0.2, 0.25) is 0 Å². The van der Waals surface area contributed by atoms with Crippen LogP contribution in [-0.2, 0) is 22.7 Å². The zero-order chi connectivity index (χ0) is 31.1. The van der Waals surface area contributed by atoms with Gasteiger partial charge in [-0.05, 0) is 59.7 Å². The summed E-state index contributed by atoms with van der Waals surface area (Å²) in [4.78, 5) is 38.5. The number of ether oxygens (including phenoxy) is 4. The zero-order valence-electron chi connectivity index (χ0n) is 24.4. The largest absolute Gasteiger partial charge is 0.493 e. The molecule has 1 amide bonds. The maximum atomic E-state index is 12.4. The van der Waals surface area contributed by atoms with E-state index in [-0.39, 0.29) is 18.9 Å². The summed E-state index contributed by atoms with van der Waals surface area (Å²) in [6.07, 6.45) is 8.06. The molecular weight excluding hydrogens is 564 g/mol. The first kappa shape index (κ1) is 29.8. The number of hydrogen-bond donors (Lipinski definition) is 0. The highest BCUT2D eigenvalue weighted by molar-refractivity contribution is 6.52. The van der Waals surface area contributed by atoms with Crippen molar-refractivity contribution in [2.24, 2.45) is 0 Å². The second kappa shape index (κ2) is 13.5. The first-order valence-electron chi connectivity index (χ1n) is 13.7. The van der Waals surface area contributed by atoms with Gasteiger partial charge in [-0.3, -0.25) is 19.1 Å². The molecule has 2 heterocycles. The number of carbonyl (C=O) groups is 3. The standard InChI is InChI=1S/C33H30N4O7/c1-41-28-14-10-22(18-30(28)42-2)8-12-25(38)13-9-23-11-15-29(31(19-23)43-3)44-21-24-20-36(35-34-24)16-17-37-27-7-5-4-6-26(27)32(39)33(37)40/h4-15,18-20H,16-17,21H2,1-3H3/b12-8+,13-9+. The van der Waals surface area contributed by atoms with Gasteiger partial charge in [0.15, 0.2) is 28.8 Å². The quantitative estimate of drug-likeness (QED) is 0.164. The number of allylic oxidation sites excluding steroid dienone is 2. The molecule has 0 unspecified atom stereocenters. The van der Waals surface area contributed by atoms with Crippen molar-refractivity contribution in [3.63, 3.8) is 0 Å². The molecule has 3 aromatic carbocycles. The molecule has 0 aliphatic carbocycles. The minimum atomic E-state index is -0.546. The van der Waals surface area contributed by atoms with E-state index in [1.165, 1.54) is 24.2 Å². The van der Waals surface area contributed by atoms with Crippen molar-refractivity contribution in [3.8, 4) is 23.0 Å². The van der Waals surface area contributed by atoms with E-state index in [1.807, 2.05) is 12.1 Å². The first-order chi connectivity index (χ1) is 21.4. The number of aromatic nitrogens is 3. The Balaban J connectivity index is 1.15. The lowest BCUT2D eigenvalue weighted by molar-refractivity contribution is -0.114. The van der Waals surface area contributed by atoms with Crippen molar-refractivity contribution in [2.75, 3.05) is 32.8 Å². The van der Waals surface area contributed by atoms with Gasteiger partial charge in [-0.15, -0.1) is 5.10 Å². The first-order valence-corrected chi connectivity index (χ1v) is 13.7. The lowest BCUT2D eigenvalue weighted by Crippen LogP contribution is -2.32. The van der Waals surface area contributed by atoms with Gasteiger partial charge in [-0.1, -0.05) is 41.6 Å². The van der Waals surface area contributed by atoms with Gasteiger partial charge in [-0.25, -0.2) is 0 Å². The van der Waals surface area contributed by atoms with E-state index in [0.717, 1.165) is 11.1 Å². The van der Waals surface area contributed by atoms with E-state index in [2.05, 4.69) is 10.3 Å². The molecule has 11 heteroatoms. The van der Waals surface area contributed by atoms with Crippen molar-refractivity contribution < 1.29 is 33.3 Å². The molecule has 44 heavy (non-hydrogen) atoms. The molecule has 0 saturated heterocycles. The van der Waals surface area contributed by atoms with E-state index in [9.17, 15) is 14.4 Å². The normalized spacial score (nSPS) is 12.7. The summed E-state index contributed by atoms with van der Waals surface area (Å²) < 4.78 is 23.5. The summed E-state index contributed by atoms with van der Waals surface area (Å²) in [6.45, 7) is 0.768. The van der Waals surface area contributed by atoms with E-state index in [4.69, 9.17) is 18.9 Å². The van der Waals surface area contributed by atoms with E-state index in [1.54, 1.807) is 85.8 Å². The summed E-state index contributed by atoms with van der Waals surface area (Å²) in [7, 11) is 4.66. The number of hydrogen-bond acceptors (Lipinski definition) is 9. The SMILES string of the molecule is COc1ccc(/C=C/C(=O)/C=C/c2ccc(OCc3cn(CCN4C(=O)C(=O)c5ccccc54)nn3)c(OC)c2)cc1OC. The highest BCUT2D eigenvalue weighted by atomic mass is 16.5. The molecule has 0 radical (unpaired) electrons. The van der Waals surface area contributed by atoms with Gasteiger partial charge in [0, 0.05) is 6.54 Å². The predicted octanol–water partition coefficient (Wildman–Crippen LogP) is 4.41. The molecule has 5 rings (SSSR count). The van der Waals surface area contributed by atoms with Crippen LogP contribution in [-0.4, -0.2) is 60.3 Å². The molecule has 11 nitrogen and oxygen atoms in total. The van der Waals surface area contributed by atoms with E-state index in [0.29, 0.717) is 46.5 Å². The van der Waals surface area contributed by atoms with Crippen molar-refractivity contribution in [3.05, 3.63) is 101 Å². The minimum absolute atomic E-state index is 0.134. The summed E-state index contributed by atoms with van der Waals surface area (Å²) in [6, 6.07) is 17.7. The van der Waals surface area contributed by atoms with Gasteiger partial charge >= 0.3 is 0 Å². The molecule has 0 spiro atoms. The molecule has 0 fully saturated rings. The Bertz CT molecular complexity index is 1760. The number of nitrogens with zero attached hydrogens (tertiary/aromatic N) is 4. The molecule has 0 bridgehead atoms. The third kappa shape index (κ3) is 6.67. The second-order valence-electron chi connectivity index (χ2n) is 9.66. The number of Topliss-reactive ketones (excluding diaryl/α,β-unsaturated/α-hetero) is 1. The average Bonchev–Trinajstić information content (AvgIpc) is 3.61.